The van der Waals surface area contributed by atoms with E-state index in [0.717, 1.165) is 55.7 Å². The maximum atomic E-state index is 13.5. The number of nitrogens with one attached hydrogen (secondary N) is 1. The van der Waals surface area contributed by atoms with Gasteiger partial charge >= 0.3 is 6.09 Å². The molecule has 2 heterocycles. The summed E-state index contributed by atoms with van der Waals surface area (Å²) in [6, 6.07) is 7.35. The van der Waals surface area contributed by atoms with E-state index in [0.29, 0.717) is 19.8 Å². The predicted octanol–water partition coefficient (Wildman–Crippen LogP) is 3.17. The number of methoxy groups -OCH3 is 1. The summed E-state index contributed by atoms with van der Waals surface area (Å²) in [5.41, 5.74) is 1.94. The highest BCUT2D eigenvalue weighted by Gasteiger charge is 2.38. The minimum Gasteiger partial charge on any atom is -0.497 e. The number of likely N-dealkylation sites (tertiary alicyclic amines) is 1. The van der Waals surface area contributed by atoms with Crippen LogP contribution in [-0.2, 0) is 20.9 Å². The first-order chi connectivity index (χ1) is 16.0. The number of carbonyl (C=O) groups is 2. The molecule has 0 saturated carbocycles. The standard InChI is InChI=1S/C25H37N3O5/c1-4-5-6-21(16-26-25(30)33-18-20-7-9-22(31-3)10-8-20)24(29)28-17-19(2)15-23(28)27-11-13-32-14-12-27/h7-10,21,23H,2,4-6,11-18H2,1,3H3,(H,26,30)/t21-,23+/m1/s1. The van der Waals surface area contributed by atoms with Crippen LogP contribution in [0.2, 0.25) is 0 Å². The van der Waals surface area contributed by atoms with Crippen LogP contribution in [0.1, 0.15) is 38.2 Å². The maximum Gasteiger partial charge on any atom is 0.407 e. The third-order valence-corrected chi connectivity index (χ3v) is 6.25. The van der Waals surface area contributed by atoms with E-state index in [2.05, 4.69) is 23.7 Å². The summed E-state index contributed by atoms with van der Waals surface area (Å²) in [6.45, 7) is 10.3. The molecule has 0 aromatic heterocycles. The molecule has 0 unspecified atom stereocenters. The third kappa shape index (κ3) is 7.20. The SMILES string of the molecule is C=C1C[C@@H](N2CCOCC2)N(C(=O)[C@H](CCCC)CNC(=O)OCc2ccc(OC)cc2)C1. The van der Waals surface area contributed by atoms with Gasteiger partial charge in [-0.15, -0.1) is 0 Å². The number of benzene rings is 1. The van der Waals surface area contributed by atoms with Gasteiger partial charge in [-0.2, -0.15) is 0 Å². The number of ether oxygens (including phenoxy) is 3. The zero-order valence-electron chi connectivity index (χ0n) is 19.9. The van der Waals surface area contributed by atoms with Crippen LogP contribution in [0.5, 0.6) is 5.75 Å². The van der Waals surface area contributed by atoms with Gasteiger partial charge < -0.3 is 24.4 Å². The van der Waals surface area contributed by atoms with E-state index in [1.807, 2.05) is 29.2 Å². The second-order valence-electron chi connectivity index (χ2n) is 8.69. The van der Waals surface area contributed by atoms with Gasteiger partial charge in [0, 0.05) is 32.6 Å². The molecule has 2 fully saturated rings. The Labute approximate surface area is 196 Å². The molecular weight excluding hydrogens is 422 g/mol. The van der Waals surface area contributed by atoms with E-state index in [4.69, 9.17) is 14.2 Å². The van der Waals surface area contributed by atoms with Gasteiger partial charge in [-0.3, -0.25) is 9.69 Å². The first-order valence-corrected chi connectivity index (χ1v) is 11.8. The van der Waals surface area contributed by atoms with Gasteiger partial charge in [-0.25, -0.2) is 4.79 Å². The number of carbonyl (C=O) groups excluding carboxylic acids is 2. The molecule has 33 heavy (non-hydrogen) atoms. The maximum absolute atomic E-state index is 13.5. The molecule has 2 aliphatic rings. The number of alkyl carbamates (subject to hydrolysis) is 1. The van der Waals surface area contributed by atoms with Gasteiger partial charge in [-0.1, -0.05) is 44.1 Å². The Hall–Kier alpha value is -2.58. The average Bonchev–Trinajstić information content (AvgIpc) is 3.25. The molecule has 2 aliphatic heterocycles. The molecule has 2 saturated heterocycles. The molecule has 1 aromatic rings. The number of morpholine rings is 1. The average molecular weight is 460 g/mol. The van der Waals surface area contributed by atoms with E-state index >= 15 is 0 Å². The molecule has 0 aliphatic carbocycles. The molecule has 1 N–H and O–H groups in total. The van der Waals surface area contributed by atoms with E-state index < -0.39 is 6.09 Å². The van der Waals surface area contributed by atoms with E-state index in [1.165, 1.54) is 0 Å². The lowest BCUT2D eigenvalue weighted by molar-refractivity contribution is -0.141. The Morgan fingerprint density at radius 3 is 2.64 bits per heavy atom. The number of nitrogens with zero attached hydrogens (tertiary/aromatic N) is 2. The van der Waals surface area contributed by atoms with Crippen molar-refractivity contribution in [3.05, 3.63) is 42.0 Å². The molecule has 0 spiro atoms. The Balaban J connectivity index is 1.55. The normalized spacial score (nSPS) is 19.9. The van der Waals surface area contributed by atoms with Crippen LogP contribution in [0, 0.1) is 5.92 Å². The second kappa shape index (κ2) is 12.6. The largest absolute Gasteiger partial charge is 0.497 e. The molecule has 8 nitrogen and oxygen atoms in total. The zero-order chi connectivity index (χ0) is 23.6. The Bertz CT molecular complexity index is 792. The topological polar surface area (TPSA) is 80.3 Å². The van der Waals surface area contributed by atoms with Gasteiger partial charge in [0.2, 0.25) is 5.91 Å². The van der Waals surface area contributed by atoms with Crippen LogP contribution in [0.3, 0.4) is 0 Å². The predicted molar refractivity (Wildman–Crippen MR) is 126 cm³/mol. The minimum absolute atomic E-state index is 0.0278. The van der Waals surface area contributed by atoms with E-state index in [1.54, 1.807) is 7.11 Å². The molecular formula is C25H37N3O5. The lowest BCUT2D eigenvalue weighted by atomic mass is 10.00. The summed E-state index contributed by atoms with van der Waals surface area (Å²) in [6.07, 6.45) is 2.95. The van der Waals surface area contributed by atoms with Crippen LogP contribution in [0.25, 0.3) is 0 Å². The monoisotopic (exact) mass is 459 g/mol. The van der Waals surface area contributed by atoms with Crippen molar-refractivity contribution in [3.63, 3.8) is 0 Å². The Morgan fingerprint density at radius 1 is 1.24 bits per heavy atom. The van der Waals surface area contributed by atoms with Gasteiger partial charge in [-0.05, 0) is 24.1 Å². The first kappa shape index (κ1) is 25.1. The summed E-state index contributed by atoms with van der Waals surface area (Å²) in [5.74, 6) is 0.544. The highest BCUT2D eigenvalue weighted by Crippen LogP contribution is 2.27. The summed E-state index contributed by atoms with van der Waals surface area (Å²) < 4.78 is 16.0. The molecule has 3 rings (SSSR count). The molecule has 182 valence electrons. The lowest BCUT2D eigenvalue weighted by Gasteiger charge is -2.38. The van der Waals surface area contributed by atoms with Crippen molar-refractivity contribution in [2.75, 3.05) is 46.5 Å². The van der Waals surface area contributed by atoms with Gasteiger partial charge in [0.25, 0.3) is 0 Å². The highest BCUT2D eigenvalue weighted by molar-refractivity contribution is 5.81. The highest BCUT2D eigenvalue weighted by atomic mass is 16.5. The molecule has 2 atom stereocenters. The molecule has 0 radical (unpaired) electrons. The van der Waals surface area contributed by atoms with Gasteiger partial charge in [0.15, 0.2) is 0 Å². The van der Waals surface area contributed by atoms with Crippen LogP contribution < -0.4 is 10.1 Å². The number of hydrogen-bond acceptors (Lipinski definition) is 6. The second-order valence-corrected chi connectivity index (χ2v) is 8.69. The van der Waals surface area contributed by atoms with Crippen molar-refractivity contribution in [1.82, 2.24) is 15.1 Å². The smallest absolute Gasteiger partial charge is 0.407 e. The minimum atomic E-state index is -0.518. The van der Waals surface area contributed by atoms with Crippen LogP contribution in [-0.4, -0.2) is 74.5 Å². The zero-order valence-corrected chi connectivity index (χ0v) is 19.9. The summed E-state index contributed by atoms with van der Waals surface area (Å²) in [7, 11) is 1.61. The number of hydrogen-bond donors (Lipinski definition) is 1. The van der Waals surface area contributed by atoms with Crippen LogP contribution >= 0.6 is 0 Å². The number of rotatable bonds is 10. The van der Waals surface area contributed by atoms with Crippen molar-refractivity contribution in [2.45, 2.75) is 45.4 Å². The van der Waals surface area contributed by atoms with Crippen molar-refractivity contribution in [1.29, 1.82) is 0 Å². The lowest BCUT2D eigenvalue weighted by Crippen LogP contribution is -2.53. The molecule has 0 bridgehead atoms. The fraction of sp³-hybridized carbons (Fsp3) is 0.600. The van der Waals surface area contributed by atoms with Crippen molar-refractivity contribution in [2.24, 2.45) is 5.92 Å². The van der Waals surface area contributed by atoms with Crippen LogP contribution in [0.4, 0.5) is 4.79 Å². The fourth-order valence-corrected chi connectivity index (χ4v) is 4.33. The van der Waals surface area contributed by atoms with Gasteiger partial charge in [0.05, 0.1) is 32.4 Å². The Morgan fingerprint density at radius 2 is 1.97 bits per heavy atom. The third-order valence-electron chi connectivity index (χ3n) is 6.25. The molecule has 8 heteroatoms. The van der Waals surface area contributed by atoms with E-state index in [-0.39, 0.29) is 31.1 Å². The summed E-state index contributed by atoms with van der Waals surface area (Å²) in [5, 5.41) is 2.81. The van der Waals surface area contributed by atoms with Crippen molar-refractivity contribution >= 4 is 12.0 Å². The first-order valence-electron chi connectivity index (χ1n) is 11.8. The van der Waals surface area contributed by atoms with Gasteiger partial charge in [0.1, 0.15) is 12.4 Å². The molecule has 2 amide bonds. The van der Waals surface area contributed by atoms with Crippen molar-refractivity contribution < 1.29 is 23.8 Å². The number of unbranched alkanes of at least 4 members (excludes halogenated alkanes) is 1. The fourth-order valence-electron chi connectivity index (χ4n) is 4.33. The Kier molecular flexibility index (Phi) is 9.57. The number of amides is 2. The summed E-state index contributed by atoms with van der Waals surface area (Å²) >= 11 is 0. The van der Waals surface area contributed by atoms with Crippen molar-refractivity contribution in [3.8, 4) is 5.75 Å². The quantitative estimate of drug-likeness (QED) is 0.542. The summed E-state index contributed by atoms with van der Waals surface area (Å²) in [4.78, 5) is 30.1. The molecule has 1 aromatic carbocycles. The van der Waals surface area contributed by atoms with Crippen LogP contribution in [0.15, 0.2) is 36.4 Å². The van der Waals surface area contributed by atoms with E-state index in [9.17, 15) is 9.59 Å².